The zero-order chi connectivity index (χ0) is 36.7. The molecule has 11 heteroatoms. The molecule has 0 radical (unpaired) electrons. The van der Waals surface area contributed by atoms with Gasteiger partial charge in [0.15, 0.2) is 0 Å². The van der Waals surface area contributed by atoms with Crippen LogP contribution in [-0.2, 0) is 28.8 Å². The third-order valence-electron chi connectivity index (χ3n) is 9.84. The average molecular weight is 684 g/mol. The van der Waals surface area contributed by atoms with E-state index in [1.165, 1.54) is 11.0 Å². The lowest BCUT2D eigenvalue weighted by atomic mass is 9.81. The van der Waals surface area contributed by atoms with Crippen LogP contribution in [0.3, 0.4) is 0 Å². The smallest absolute Gasteiger partial charge is 0.289 e. The molecule has 0 aromatic heterocycles. The molecule has 1 unspecified atom stereocenters. The summed E-state index contributed by atoms with van der Waals surface area (Å²) < 4.78 is 0. The summed E-state index contributed by atoms with van der Waals surface area (Å²) in [6.45, 7) is 18.8. The summed E-state index contributed by atoms with van der Waals surface area (Å²) in [6.07, 6.45) is 10.8. The molecule has 0 aromatic carbocycles. The predicted molar refractivity (Wildman–Crippen MR) is 190 cm³/mol. The Bertz CT molecular complexity index is 1280. The maximum absolute atomic E-state index is 14.6. The summed E-state index contributed by atoms with van der Waals surface area (Å²) in [6, 6.07) is -3.74. The summed E-state index contributed by atoms with van der Waals surface area (Å²) >= 11 is 0. The van der Waals surface area contributed by atoms with E-state index < -0.39 is 64.4 Å². The van der Waals surface area contributed by atoms with Gasteiger partial charge in [-0.05, 0) is 56.8 Å². The summed E-state index contributed by atoms with van der Waals surface area (Å²) in [7, 11) is 0. The monoisotopic (exact) mass is 683 g/mol. The predicted octanol–water partition coefficient (Wildman–Crippen LogP) is 3.97. The van der Waals surface area contributed by atoms with Crippen LogP contribution in [0.15, 0.2) is 24.3 Å². The van der Waals surface area contributed by atoms with Gasteiger partial charge in [0.1, 0.15) is 18.1 Å². The molecule has 0 bridgehead atoms. The molecule has 3 fully saturated rings. The highest BCUT2D eigenvalue weighted by molar-refractivity contribution is 6.38. The van der Waals surface area contributed by atoms with Crippen molar-refractivity contribution in [2.75, 3.05) is 13.1 Å². The topological polar surface area (TPSA) is 154 Å². The molecule has 49 heavy (non-hydrogen) atoms. The van der Waals surface area contributed by atoms with E-state index in [0.29, 0.717) is 12.8 Å². The molecule has 274 valence electrons. The molecule has 11 nitrogen and oxygen atoms in total. The van der Waals surface area contributed by atoms with Crippen molar-refractivity contribution in [3.05, 3.63) is 24.3 Å². The first kappa shape index (κ1) is 39.9. The van der Waals surface area contributed by atoms with E-state index in [9.17, 15) is 28.8 Å². The number of hydrogen-bond donors (Lipinski definition) is 4. The highest BCUT2D eigenvalue weighted by Gasteiger charge is 2.47. The Morgan fingerprint density at radius 3 is 2.02 bits per heavy atom. The van der Waals surface area contributed by atoms with Gasteiger partial charge < -0.3 is 26.2 Å². The minimum atomic E-state index is -1.02. The second-order valence-electron chi connectivity index (χ2n) is 16.7. The first-order valence-corrected chi connectivity index (χ1v) is 18.1. The van der Waals surface area contributed by atoms with Gasteiger partial charge in [0, 0.05) is 24.4 Å². The molecule has 1 saturated heterocycles. The van der Waals surface area contributed by atoms with Gasteiger partial charge in [-0.2, -0.15) is 0 Å². The fourth-order valence-corrected chi connectivity index (χ4v) is 6.86. The Kier molecular flexibility index (Phi) is 13.8. The van der Waals surface area contributed by atoms with Gasteiger partial charge in [0.05, 0.1) is 6.04 Å². The highest BCUT2D eigenvalue weighted by atomic mass is 16.2. The maximum atomic E-state index is 14.6. The number of rotatable bonds is 14. The molecule has 1 heterocycles. The van der Waals surface area contributed by atoms with Gasteiger partial charge >= 0.3 is 0 Å². The van der Waals surface area contributed by atoms with E-state index in [4.69, 9.17) is 0 Å². The van der Waals surface area contributed by atoms with Crippen molar-refractivity contribution in [3.8, 4) is 0 Å². The molecule has 3 aliphatic rings. The minimum absolute atomic E-state index is 0.0484. The van der Waals surface area contributed by atoms with E-state index in [1.807, 2.05) is 40.7 Å². The standard InChI is InChI=1S/C38H61N5O6/c1-10-19-39-34(47)30(44)27(22-24-16-17-24)40-33(46)29-26(21-23(2)3)18-20-43(29)35(48)31(37(4,5)6)42-32(45)28(25-14-12-11-13-15-25)41-36(49)38(7,8)9/h10,21,24-29,31H,1,11-20,22H2,2-9H3,(H,39,47)(H,40,46)(H,41,49)(H,42,45)/t26-,27?,28+,29+,31-/m1/s1. The number of likely N-dealkylation sites (tertiary alicyclic amines) is 1. The van der Waals surface area contributed by atoms with Crippen LogP contribution in [0.4, 0.5) is 0 Å². The van der Waals surface area contributed by atoms with Crippen LogP contribution in [0.5, 0.6) is 0 Å². The molecule has 1 aliphatic heterocycles. The molecule has 5 amide bonds. The number of allylic oxidation sites excluding steroid dienone is 1. The summed E-state index contributed by atoms with van der Waals surface area (Å²) in [5.41, 5.74) is -0.452. The molecular formula is C38H61N5O6. The Morgan fingerprint density at radius 1 is 0.857 bits per heavy atom. The van der Waals surface area contributed by atoms with Gasteiger partial charge in [0.2, 0.25) is 29.4 Å². The minimum Gasteiger partial charge on any atom is -0.346 e. The number of ketones is 1. The first-order valence-electron chi connectivity index (χ1n) is 18.1. The van der Waals surface area contributed by atoms with Gasteiger partial charge in [-0.3, -0.25) is 28.8 Å². The zero-order valence-electron chi connectivity index (χ0n) is 31.1. The second-order valence-corrected chi connectivity index (χ2v) is 16.7. The number of carbonyl (C=O) groups excluding carboxylic acids is 6. The summed E-state index contributed by atoms with van der Waals surface area (Å²) in [5.74, 6) is -3.16. The van der Waals surface area contributed by atoms with Crippen LogP contribution in [0.2, 0.25) is 0 Å². The van der Waals surface area contributed by atoms with Crippen LogP contribution in [0.1, 0.15) is 113 Å². The third kappa shape index (κ3) is 11.3. The van der Waals surface area contributed by atoms with E-state index in [2.05, 4.69) is 27.8 Å². The highest BCUT2D eigenvalue weighted by Crippen LogP contribution is 2.35. The van der Waals surface area contributed by atoms with Crippen LogP contribution in [-0.4, -0.2) is 77.5 Å². The van der Waals surface area contributed by atoms with Crippen molar-refractivity contribution in [3.63, 3.8) is 0 Å². The zero-order valence-corrected chi connectivity index (χ0v) is 31.1. The lowest BCUT2D eigenvalue weighted by molar-refractivity contribution is -0.146. The lowest BCUT2D eigenvalue weighted by Crippen LogP contribution is -2.62. The molecule has 2 aliphatic carbocycles. The fourth-order valence-electron chi connectivity index (χ4n) is 6.86. The van der Waals surface area contributed by atoms with E-state index in [1.54, 1.807) is 20.8 Å². The number of nitrogens with one attached hydrogen (secondary N) is 4. The Labute approximate surface area is 293 Å². The molecule has 2 saturated carbocycles. The number of Topliss-reactive ketones (excluding diaryl/α,β-unsaturated/α-hetero) is 1. The number of amides is 5. The Morgan fingerprint density at radius 2 is 1.49 bits per heavy atom. The number of nitrogens with zero attached hydrogens (tertiary/aromatic N) is 1. The Balaban J connectivity index is 1.91. The molecule has 0 aromatic rings. The second kappa shape index (κ2) is 16.9. The molecule has 5 atom stereocenters. The van der Waals surface area contributed by atoms with E-state index in [-0.39, 0.29) is 36.8 Å². The third-order valence-corrected chi connectivity index (χ3v) is 9.84. The number of carbonyl (C=O) groups is 6. The normalized spacial score (nSPS) is 21.8. The van der Waals surface area contributed by atoms with E-state index >= 15 is 0 Å². The van der Waals surface area contributed by atoms with Crippen molar-refractivity contribution < 1.29 is 28.8 Å². The summed E-state index contributed by atoms with van der Waals surface area (Å²) in [4.78, 5) is 83.3. The van der Waals surface area contributed by atoms with Crippen molar-refractivity contribution in [2.45, 2.75) is 137 Å². The molecule has 0 spiro atoms. The van der Waals surface area contributed by atoms with Gasteiger partial charge in [0.25, 0.3) is 5.91 Å². The lowest BCUT2D eigenvalue weighted by Gasteiger charge is -2.38. The average Bonchev–Trinajstić information content (AvgIpc) is 3.75. The first-order chi connectivity index (χ1) is 22.8. The van der Waals surface area contributed by atoms with Gasteiger partial charge in [-0.15, -0.1) is 6.58 Å². The maximum Gasteiger partial charge on any atom is 0.289 e. The van der Waals surface area contributed by atoms with Crippen molar-refractivity contribution in [1.82, 2.24) is 26.2 Å². The fraction of sp³-hybridized carbons (Fsp3) is 0.737. The molecular weight excluding hydrogens is 622 g/mol. The van der Waals surface area contributed by atoms with Crippen LogP contribution in [0.25, 0.3) is 0 Å². The molecule has 4 N–H and O–H groups in total. The Hall–Kier alpha value is -3.50. The van der Waals surface area contributed by atoms with Crippen LogP contribution < -0.4 is 21.3 Å². The quantitative estimate of drug-likeness (QED) is 0.161. The van der Waals surface area contributed by atoms with E-state index in [0.717, 1.165) is 50.5 Å². The number of hydrogen-bond acceptors (Lipinski definition) is 6. The summed E-state index contributed by atoms with van der Waals surface area (Å²) in [5, 5.41) is 11.4. The van der Waals surface area contributed by atoms with Crippen molar-refractivity contribution >= 4 is 35.3 Å². The van der Waals surface area contributed by atoms with Gasteiger partial charge in [-0.25, -0.2) is 0 Å². The largest absolute Gasteiger partial charge is 0.346 e. The SMILES string of the molecule is C=CCNC(=O)C(=O)C(CC1CC1)NC(=O)[C@@H]1[C@@H](C=C(C)C)CCN1C(=O)[C@@H](NC(=O)[C@@H](NC(=O)C(C)(C)C)C1CCCCC1)C(C)(C)C. The molecule has 3 rings (SSSR count). The van der Waals surface area contributed by atoms with Gasteiger partial charge in [-0.1, -0.05) is 91.4 Å². The van der Waals surface area contributed by atoms with Crippen molar-refractivity contribution in [2.24, 2.45) is 28.6 Å². The van der Waals surface area contributed by atoms with Crippen molar-refractivity contribution in [1.29, 1.82) is 0 Å². The van der Waals surface area contributed by atoms with Crippen LogP contribution >= 0.6 is 0 Å². The van der Waals surface area contributed by atoms with Crippen LogP contribution in [0, 0.1) is 28.6 Å².